The van der Waals surface area contributed by atoms with Gasteiger partial charge in [-0.2, -0.15) is 0 Å². The lowest BCUT2D eigenvalue weighted by Crippen LogP contribution is -2.32. The average molecular weight is 202 g/mol. The SMILES string of the molecule is CPO[C@@H]1C[C@H](C)CC[C@H]1C(C)C. The molecule has 0 aromatic rings. The Bertz CT molecular complexity index is 147. The van der Waals surface area contributed by atoms with Crippen LogP contribution in [-0.4, -0.2) is 12.8 Å². The Morgan fingerprint density at radius 3 is 2.54 bits per heavy atom. The molecule has 13 heavy (non-hydrogen) atoms. The molecule has 1 aliphatic rings. The van der Waals surface area contributed by atoms with Gasteiger partial charge in [-0.1, -0.05) is 27.2 Å². The maximum absolute atomic E-state index is 5.85. The summed E-state index contributed by atoms with van der Waals surface area (Å²) in [6.07, 6.45) is 4.60. The highest BCUT2D eigenvalue weighted by Crippen LogP contribution is 2.37. The van der Waals surface area contributed by atoms with Crippen molar-refractivity contribution in [2.24, 2.45) is 17.8 Å². The van der Waals surface area contributed by atoms with Crippen molar-refractivity contribution in [1.29, 1.82) is 0 Å². The minimum atomic E-state index is 0.548. The van der Waals surface area contributed by atoms with Gasteiger partial charge in [-0.3, -0.25) is 0 Å². The summed E-state index contributed by atoms with van der Waals surface area (Å²) in [7, 11) is 0.657. The molecule has 0 aromatic carbocycles. The lowest BCUT2D eigenvalue weighted by Gasteiger charge is -2.36. The Morgan fingerprint density at radius 2 is 2.00 bits per heavy atom. The van der Waals surface area contributed by atoms with Gasteiger partial charge >= 0.3 is 0 Å². The third-order valence-corrected chi connectivity index (χ3v) is 3.77. The van der Waals surface area contributed by atoms with Crippen LogP contribution in [0.25, 0.3) is 0 Å². The van der Waals surface area contributed by atoms with E-state index in [0.29, 0.717) is 14.9 Å². The van der Waals surface area contributed by atoms with E-state index in [-0.39, 0.29) is 0 Å². The van der Waals surface area contributed by atoms with Crippen molar-refractivity contribution in [3.05, 3.63) is 0 Å². The normalized spacial score (nSPS) is 36.2. The molecule has 0 N–H and O–H groups in total. The van der Waals surface area contributed by atoms with Gasteiger partial charge in [-0.25, -0.2) is 0 Å². The first-order chi connectivity index (χ1) is 6.15. The molecule has 0 spiro atoms. The van der Waals surface area contributed by atoms with Crippen molar-refractivity contribution in [1.82, 2.24) is 0 Å². The molecule has 1 rings (SSSR count). The zero-order valence-electron chi connectivity index (χ0n) is 9.34. The lowest BCUT2D eigenvalue weighted by molar-refractivity contribution is 0.0589. The van der Waals surface area contributed by atoms with Gasteiger partial charge in [-0.15, -0.1) is 0 Å². The fourth-order valence-corrected chi connectivity index (χ4v) is 2.98. The zero-order chi connectivity index (χ0) is 9.84. The molecule has 1 unspecified atom stereocenters. The molecule has 1 aliphatic carbocycles. The predicted molar refractivity (Wildman–Crippen MR) is 60.5 cm³/mol. The highest BCUT2D eigenvalue weighted by Gasteiger charge is 2.30. The van der Waals surface area contributed by atoms with Gasteiger partial charge in [0, 0.05) is 8.81 Å². The maximum atomic E-state index is 5.85. The van der Waals surface area contributed by atoms with Crippen LogP contribution in [0.1, 0.15) is 40.0 Å². The van der Waals surface area contributed by atoms with Crippen LogP contribution in [0.2, 0.25) is 0 Å². The van der Waals surface area contributed by atoms with E-state index in [1.807, 2.05) is 0 Å². The largest absolute Gasteiger partial charge is 0.359 e. The summed E-state index contributed by atoms with van der Waals surface area (Å²) < 4.78 is 5.85. The van der Waals surface area contributed by atoms with E-state index in [2.05, 4.69) is 27.4 Å². The highest BCUT2D eigenvalue weighted by molar-refractivity contribution is 7.31. The second-order valence-corrected chi connectivity index (χ2v) is 5.33. The number of rotatable bonds is 3. The van der Waals surface area contributed by atoms with Crippen LogP contribution in [0.5, 0.6) is 0 Å². The van der Waals surface area contributed by atoms with E-state index in [9.17, 15) is 0 Å². The molecule has 1 saturated carbocycles. The molecule has 78 valence electrons. The minimum absolute atomic E-state index is 0.548. The molecule has 0 radical (unpaired) electrons. The molecule has 2 heteroatoms. The molecule has 0 aromatic heterocycles. The van der Waals surface area contributed by atoms with E-state index in [1.54, 1.807) is 0 Å². The molecule has 4 atom stereocenters. The van der Waals surface area contributed by atoms with Crippen molar-refractivity contribution in [2.45, 2.75) is 46.1 Å². The van der Waals surface area contributed by atoms with Gasteiger partial charge in [0.1, 0.15) is 0 Å². The smallest absolute Gasteiger partial charge is 0.0647 e. The van der Waals surface area contributed by atoms with Crippen LogP contribution in [0.3, 0.4) is 0 Å². The van der Waals surface area contributed by atoms with Crippen molar-refractivity contribution < 1.29 is 4.52 Å². The van der Waals surface area contributed by atoms with Gasteiger partial charge in [-0.05, 0) is 37.3 Å². The summed E-state index contributed by atoms with van der Waals surface area (Å²) in [5.74, 6) is 2.47. The predicted octanol–water partition coefficient (Wildman–Crippen LogP) is 3.69. The molecule has 1 nitrogen and oxygen atoms in total. The Morgan fingerprint density at radius 1 is 1.31 bits per heavy atom. The highest BCUT2D eigenvalue weighted by atomic mass is 31.1. The Kier molecular flexibility index (Phi) is 4.69. The fourth-order valence-electron chi connectivity index (χ4n) is 2.40. The summed E-state index contributed by atoms with van der Waals surface area (Å²) in [6.45, 7) is 9.15. The Hall–Kier alpha value is 0.390. The third kappa shape index (κ3) is 3.22. The summed E-state index contributed by atoms with van der Waals surface area (Å²) >= 11 is 0. The first-order valence-electron chi connectivity index (χ1n) is 5.47. The van der Waals surface area contributed by atoms with Crippen molar-refractivity contribution >= 4 is 8.81 Å². The Balaban J connectivity index is 2.50. The maximum Gasteiger partial charge on any atom is 0.0647 e. The lowest BCUT2D eigenvalue weighted by atomic mass is 9.75. The van der Waals surface area contributed by atoms with Crippen molar-refractivity contribution in [3.63, 3.8) is 0 Å². The van der Waals surface area contributed by atoms with Gasteiger partial charge in [0.2, 0.25) is 0 Å². The minimum Gasteiger partial charge on any atom is -0.359 e. The standard InChI is InChI=1S/C11H23OP/c1-8(2)10-6-5-9(3)7-11(10)12-13-4/h8-11,13H,5-7H2,1-4H3/t9-,10+,11-/m1/s1. The van der Waals surface area contributed by atoms with Crippen LogP contribution in [0.15, 0.2) is 0 Å². The van der Waals surface area contributed by atoms with E-state index in [1.165, 1.54) is 19.3 Å². The number of hydrogen-bond acceptors (Lipinski definition) is 1. The number of hydrogen-bond donors (Lipinski definition) is 0. The van der Waals surface area contributed by atoms with E-state index < -0.39 is 0 Å². The summed E-state index contributed by atoms with van der Waals surface area (Å²) in [6, 6.07) is 0. The average Bonchev–Trinajstić information content (AvgIpc) is 2.04. The topological polar surface area (TPSA) is 9.23 Å². The summed E-state index contributed by atoms with van der Waals surface area (Å²) in [4.78, 5) is 0. The van der Waals surface area contributed by atoms with Gasteiger partial charge in [0.05, 0.1) is 6.10 Å². The molecule has 0 saturated heterocycles. The van der Waals surface area contributed by atoms with Crippen LogP contribution in [-0.2, 0) is 4.52 Å². The van der Waals surface area contributed by atoms with Gasteiger partial charge < -0.3 is 4.52 Å². The first-order valence-corrected chi connectivity index (χ1v) is 6.88. The van der Waals surface area contributed by atoms with Crippen LogP contribution >= 0.6 is 8.81 Å². The van der Waals surface area contributed by atoms with E-state index >= 15 is 0 Å². The summed E-state index contributed by atoms with van der Waals surface area (Å²) in [5, 5.41) is 0. The summed E-state index contributed by atoms with van der Waals surface area (Å²) in [5.41, 5.74) is 0. The fraction of sp³-hybridized carbons (Fsp3) is 1.00. The van der Waals surface area contributed by atoms with E-state index in [0.717, 1.165) is 17.8 Å². The van der Waals surface area contributed by atoms with Crippen molar-refractivity contribution in [2.75, 3.05) is 6.66 Å². The third-order valence-electron chi connectivity index (χ3n) is 3.23. The van der Waals surface area contributed by atoms with Gasteiger partial charge in [0.25, 0.3) is 0 Å². The molecule has 1 fully saturated rings. The molecular weight excluding hydrogens is 179 g/mol. The zero-order valence-corrected chi connectivity index (χ0v) is 10.3. The molecular formula is C11H23OP. The molecule has 0 heterocycles. The first kappa shape index (κ1) is 11.5. The van der Waals surface area contributed by atoms with Crippen LogP contribution < -0.4 is 0 Å². The van der Waals surface area contributed by atoms with Crippen molar-refractivity contribution in [3.8, 4) is 0 Å². The quantitative estimate of drug-likeness (QED) is 0.634. The molecule has 0 amide bonds. The van der Waals surface area contributed by atoms with Crippen LogP contribution in [0.4, 0.5) is 0 Å². The van der Waals surface area contributed by atoms with Gasteiger partial charge in [0.15, 0.2) is 0 Å². The second kappa shape index (κ2) is 5.32. The van der Waals surface area contributed by atoms with E-state index in [4.69, 9.17) is 4.52 Å². The molecule has 0 bridgehead atoms. The van der Waals surface area contributed by atoms with Crippen LogP contribution in [0, 0.1) is 17.8 Å². The Labute approximate surface area is 84.5 Å². The molecule has 0 aliphatic heterocycles. The monoisotopic (exact) mass is 202 g/mol. The second-order valence-electron chi connectivity index (χ2n) is 4.69.